The first-order chi connectivity index (χ1) is 7.27. The summed E-state index contributed by atoms with van der Waals surface area (Å²) in [5.74, 6) is 0.864. The lowest BCUT2D eigenvalue weighted by Crippen LogP contribution is -2.30. The molecule has 0 spiro atoms. The number of aromatic nitrogens is 2. The Morgan fingerprint density at radius 1 is 1.67 bits per heavy atom. The van der Waals surface area contributed by atoms with Crippen LogP contribution in [0.5, 0.6) is 0 Å². The molecular formula is C10H18N4O. The topological polar surface area (TPSA) is 69.8 Å². The minimum absolute atomic E-state index is 0.00986. The molecule has 1 aromatic heterocycles. The fourth-order valence-corrected chi connectivity index (χ4v) is 1.34. The van der Waals surface area contributed by atoms with E-state index < -0.39 is 0 Å². The van der Waals surface area contributed by atoms with Gasteiger partial charge in [0.1, 0.15) is 5.82 Å². The third-order valence-corrected chi connectivity index (χ3v) is 2.19. The van der Waals surface area contributed by atoms with Gasteiger partial charge in [0.25, 0.3) is 0 Å². The molecule has 15 heavy (non-hydrogen) atoms. The molecule has 5 nitrogen and oxygen atoms in total. The molecule has 0 saturated carbocycles. The number of hydrogen-bond acceptors (Lipinski definition) is 3. The molecular weight excluding hydrogens is 192 g/mol. The second-order valence-electron chi connectivity index (χ2n) is 3.36. The van der Waals surface area contributed by atoms with Crippen molar-refractivity contribution in [2.24, 2.45) is 0 Å². The fraction of sp³-hybridized carbons (Fsp3) is 0.600. The van der Waals surface area contributed by atoms with Crippen LogP contribution in [0.2, 0.25) is 0 Å². The summed E-state index contributed by atoms with van der Waals surface area (Å²) >= 11 is 0. The number of nitrogens with one attached hydrogen (secondary N) is 3. The predicted octanol–water partition coefficient (Wildman–Crippen LogP) is 0.586. The Kier molecular flexibility index (Phi) is 4.83. The fourth-order valence-electron chi connectivity index (χ4n) is 1.34. The zero-order valence-corrected chi connectivity index (χ0v) is 9.21. The van der Waals surface area contributed by atoms with E-state index in [-0.39, 0.29) is 11.9 Å². The lowest BCUT2D eigenvalue weighted by Gasteiger charge is -2.14. The van der Waals surface area contributed by atoms with Crippen molar-refractivity contribution in [3.05, 3.63) is 18.2 Å². The molecule has 1 amide bonds. The molecule has 1 rings (SSSR count). The number of carbonyl (C=O) groups is 1. The Morgan fingerprint density at radius 2 is 2.47 bits per heavy atom. The molecule has 1 unspecified atom stereocenters. The van der Waals surface area contributed by atoms with E-state index in [1.165, 1.54) is 0 Å². The molecule has 84 valence electrons. The van der Waals surface area contributed by atoms with Crippen molar-refractivity contribution >= 4 is 5.91 Å². The van der Waals surface area contributed by atoms with Crippen LogP contribution in [0.1, 0.15) is 31.6 Å². The summed E-state index contributed by atoms with van der Waals surface area (Å²) in [4.78, 5) is 18.6. The van der Waals surface area contributed by atoms with Gasteiger partial charge in [0, 0.05) is 25.4 Å². The average molecular weight is 210 g/mol. The van der Waals surface area contributed by atoms with Gasteiger partial charge in [0.15, 0.2) is 0 Å². The van der Waals surface area contributed by atoms with Gasteiger partial charge >= 0.3 is 0 Å². The lowest BCUT2D eigenvalue weighted by atomic mass is 10.2. The van der Waals surface area contributed by atoms with Crippen LogP contribution >= 0.6 is 0 Å². The number of imidazole rings is 1. The molecule has 1 heterocycles. The number of aromatic amines is 1. The van der Waals surface area contributed by atoms with E-state index in [0.29, 0.717) is 13.0 Å². The highest BCUT2D eigenvalue weighted by Crippen LogP contribution is 2.10. The molecule has 0 fully saturated rings. The quantitative estimate of drug-likeness (QED) is 0.643. The molecule has 0 bridgehead atoms. The van der Waals surface area contributed by atoms with Crippen molar-refractivity contribution in [2.75, 3.05) is 13.6 Å². The summed E-state index contributed by atoms with van der Waals surface area (Å²) in [6, 6.07) is -0.00986. The van der Waals surface area contributed by atoms with Crippen molar-refractivity contribution in [3.8, 4) is 0 Å². The van der Waals surface area contributed by atoms with Crippen molar-refractivity contribution in [1.29, 1.82) is 0 Å². The van der Waals surface area contributed by atoms with Gasteiger partial charge in [-0.25, -0.2) is 4.98 Å². The van der Waals surface area contributed by atoms with Crippen LogP contribution < -0.4 is 10.6 Å². The summed E-state index contributed by atoms with van der Waals surface area (Å²) < 4.78 is 0. The molecule has 1 atom stereocenters. The number of rotatable bonds is 6. The van der Waals surface area contributed by atoms with E-state index >= 15 is 0 Å². The standard InChI is InChI=1S/C10H18N4O/c1-3-8(10-12-6-7-13-10)14-9(15)4-5-11-2/h6-8,11H,3-5H2,1-2H3,(H,12,13)(H,14,15). The lowest BCUT2D eigenvalue weighted by molar-refractivity contribution is -0.121. The number of H-pyrrole nitrogens is 1. The van der Waals surface area contributed by atoms with E-state index in [0.717, 1.165) is 12.2 Å². The van der Waals surface area contributed by atoms with Gasteiger partial charge < -0.3 is 15.6 Å². The van der Waals surface area contributed by atoms with Crippen LogP contribution in [0.4, 0.5) is 0 Å². The van der Waals surface area contributed by atoms with E-state index in [1.54, 1.807) is 12.4 Å². The highest BCUT2D eigenvalue weighted by molar-refractivity contribution is 5.76. The largest absolute Gasteiger partial charge is 0.347 e. The molecule has 0 aliphatic heterocycles. The van der Waals surface area contributed by atoms with E-state index in [1.807, 2.05) is 14.0 Å². The minimum Gasteiger partial charge on any atom is -0.347 e. The first kappa shape index (κ1) is 11.7. The van der Waals surface area contributed by atoms with Crippen molar-refractivity contribution in [3.63, 3.8) is 0 Å². The Balaban J connectivity index is 2.44. The Labute approximate surface area is 89.7 Å². The van der Waals surface area contributed by atoms with Crippen LogP contribution in [0.15, 0.2) is 12.4 Å². The highest BCUT2D eigenvalue weighted by atomic mass is 16.1. The summed E-state index contributed by atoms with van der Waals surface area (Å²) in [7, 11) is 1.83. The monoisotopic (exact) mass is 210 g/mol. The van der Waals surface area contributed by atoms with Crippen molar-refractivity contribution in [1.82, 2.24) is 20.6 Å². The zero-order valence-electron chi connectivity index (χ0n) is 9.21. The zero-order chi connectivity index (χ0) is 11.1. The van der Waals surface area contributed by atoms with Crippen LogP contribution in [0.25, 0.3) is 0 Å². The first-order valence-corrected chi connectivity index (χ1v) is 5.21. The number of hydrogen-bond donors (Lipinski definition) is 3. The van der Waals surface area contributed by atoms with Gasteiger partial charge in [-0.3, -0.25) is 4.79 Å². The van der Waals surface area contributed by atoms with Gasteiger partial charge in [0.05, 0.1) is 6.04 Å². The molecule has 0 aliphatic carbocycles. The minimum atomic E-state index is -0.00986. The van der Waals surface area contributed by atoms with Crippen LogP contribution in [-0.2, 0) is 4.79 Å². The van der Waals surface area contributed by atoms with Gasteiger partial charge in [-0.1, -0.05) is 6.92 Å². The molecule has 1 aromatic rings. The molecule has 0 aromatic carbocycles. The normalized spacial score (nSPS) is 12.4. The number of nitrogens with zero attached hydrogens (tertiary/aromatic N) is 1. The summed E-state index contributed by atoms with van der Waals surface area (Å²) in [5.41, 5.74) is 0. The van der Waals surface area contributed by atoms with Gasteiger partial charge in [0.2, 0.25) is 5.91 Å². The molecule has 0 saturated heterocycles. The Bertz CT molecular complexity index is 284. The second kappa shape index (κ2) is 6.19. The number of carbonyl (C=O) groups excluding carboxylic acids is 1. The third kappa shape index (κ3) is 3.71. The van der Waals surface area contributed by atoms with Gasteiger partial charge in [-0.05, 0) is 13.5 Å². The van der Waals surface area contributed by atoms with Gasteiger partial charge in [-0.2, -0.15) is 0 Å². The van der Waals surface area contributed by atoms with E-state index in [4.69, 9.17) is 0 Å². The van der Waals surface area contributed by atoms with Crippen LogP contribution in [0.3, 0.4) is 0 Å². The third-order valence-electron chi connectivity index (χ3n) is 2.19. The molecule has 3 N–H and O–H groups in total. The SMILES string of the molecule is CCC(NC(=O)CCNC)c1ncc[nH]1. The Morgan fingerprint density at radius 3 is 3.00 bits per heavy atom. The smallest absolute Gasteiger partial charge is 0.221 e. The van der Waals surface area contributed by atoms with Crippen LogP contribution in [0, 0.1) is 0 Å². The average Bonchev–Trinajstić information content (AvgIpc) is 2.76. The predicted molar refractivity (Wildman–Crippen MR) is 58.3 cm³/mol. The summed E-state index contributed by atoms with van der Waals surface area (Å²) in [6.45, 7) is 2.71. The number of amides is 1. The maximum Gasteiger partial charge on any atom is 0.221 e. The second-order valence-corrected chi connectivity index (χ2v) is 3.36. The van der Waals surface area contributed by atoms with E-state index in [9.17, 15) is 4.79 Å². The summed E-state index contributed by atoms with van der Waals surface area (Å²) in [5, 5.41) is 5.87. The molecule has 0 aliphatic rings. The van der Waals surface area contributed by atoms with Crippen LogP contribution in [-0.4, -0.2) is 29.5 Å². The molecule has 0 radical (unpaired) electrons. The summed E-state index contributed by atoms with van der Waals surface area (Å²) in [6.07, 6.45) is 4.78. The maximum atomic E-state index is 11.5. The highest BCUT2D eigenvalue weighted by Gasteiger charge is 2.13. The van der Waals surface area contributed by atoms with E-state index in [2.05, 4.69) is 20.6 Å². The van der Waals surface area contributed by atoms with Crippen molar-refractivity contribution < 1.29 is 4.79 Å². The maximum absolute atomic E-state index is 11.5. The molecule has 5 heteroatoms. The first-order valence-electron chi connectivity index (χ1n) is 5.21. The van der Waals surface area contributed by atoms with Gasteiger partial charge in [-0.15, -0.1) is 0 Å². The van der Waals surface area contributed by atoms with Crippen molar-refractivity contribution in [2.45, 2.75) is 25.8 Å². The Hall–Kier alpha value is -1.36.